The van der Waals surface area contributed by atoms with Crippen LogP contribution in [0, 0.1) is 10.1 Å². The average Bonchev–Trinajstić information content (AvgIpc) is 2.53. The highest BCUT2D eigenvalue weighted by atomic mass is 79.9. The van der Waals surface area contributed by atoms with Gasteiger partial charge in [0.2, 0.25) is 5.65 Å². The van der Waals surface area contributed by atoms with Gasteiger partial charge in [-0.2, -0.15) is 0 Å². The molecule has 6 heteroatoms. The van der Waals surface area contributed by atoms with Crippen molar-refractivity contribution >= 4 is 27.3 Å². The van der Waals surface area contributed by atoms with Crippen LogP contribution in [0.4, 0.5) is 5.69 Å². The Bertz CT molecular complexity index is 480. The average molecular weight is 242 g/mol. The Morgan fingerprint density at radius 2 is 2.31 bits per heavy atom. The summed E-state index contributed by atoms with van der Waals surface area (Å²) in [5.74, 6) is 0. The van der Waals surface area contributed by atoms with Gasteiger partial charge in [0.05, 0.1) is 9.53 Å². The summed E-state index contributed by atoms with van der Waals surface area (Å²) in [6, 6.07) is 3.04. The van der Waals surface area contributed by atoms with Crippen molar-refractivity contribution in [3.63, 3.8) is 0 Å². The Morgan fingerprint density at radius 1 is 1.54 bits per heavy atom. The molecule has 0 fully saturated rings. The molecular weight excluding hydrogens is 238 g/mol. The highest BCUT2D eigenvalue weighted by molar-refractivity contribution is 9.10. The van der Waals surface area contributed by atoms with Gasteiger partial charge in [0.25, 0.3) is 0 Å². The first-order valence-corrected chi connectivity index (χ1v) is 4.25. The Hall–Kier alpha value is -1.43. The van der Waals surface area contributed by atoms with Crippen LogP contribution >= 0.6 is 15.9 Å². The van der Waals surface area contributed by atoms with Gasteiger partial charge in [-0.25, -0.2) is 4.98 Å². The molecule has 0 unspecified atom stereocenters. The maximum Gasteiger partial charge on any atom is 0.312 e. The second-order valence-electron chi connectivity index (χ2n) is 2.42. The third-order valence-corrected chi connectivity index (χ3v) is 2.32. The molecule has 66 valence electrons. The van der Waals surface area contributed by atoms with Crippen molar-refractivity contribution in [2.24, 2.45) is 0 Å². The van der Waals surface area contributed by atoms with Gasteiger partial charge >= 0.3 is 5.69 Å². The molecule has 2 heterocycles. The lowest BCUT2D eigenvalue weighted by Gasteiger charge is -1.97. The van der Waals surface area contributed by atoms with Crippen LogP contribution < -0.4 is 0 Å². The zero-order chi connectivity index (χ0) is 9.42. The molecule has 0 aliphatic heterocycles. The molecular formula is C7H4BrN3O2. The second-order valence-corrected chi connectivity index (χ2v) is 3.23. The normalized spacial score (nSPS) is 10.5. The largest absolute Gasteiger partial charge is 0.312 e. The fourth-order valence-corrected chi connectivity index (χ4v) is 1.53. The highest BCUT2D eigenvalue weighted by Crippen LogP contribution is 2.22. The lowest BCUT2D eigenvalue weighted by molar-refractivity contribution is -0.383. The van der Waals surface area contributed by atoms with E-state index in [0.717, 1.165) is 4.60 Å². The number of hydrogen-bond donors (Lipinski definition) is 0. The molecule has 0 saturated heterocycles. The number of nitro groups is 1. The Balaban J connectivity index is 2.86. The van der Waals surface area contributed by atoms with Crippen LogP contribution in [0.15, 0.2) is 29.1 Å². The van der Waals surface area contributed by atoms with Gasteiger partial charge < -0.3 is 0 Å². The number of halogens is 1. The molecule has 5 nitrogen and oxygen atoms in total. The van der Waals surface area contributed by atoms with Gasteiger partial charge in [0.15, 0.2) is 0 Å². The van der Waals surface area contributed by atoms with Gasteiger partial charge in [-0.1, -0.05) is 0 Å². The summed E-state index contributed by atoms with van der Waals surface area (Å²) >= 11 is 3.26. The van der Waals surface area contributed by atoms with E-state index < -0.39 is 4.92 Å². The van der Waals surface area contributed by atoms with Crippen LogP contribution in [0.1, 0.15) is 0 Å². The maximum atomic E-state index is 10.6. The zero-order valence-corrected chi connectivity index (χ0v) is 7.93. The second kappa shape index (κ2) is 2.81. The number of fused-ring (bicyclic) bond motifs is 1. The summed E-state index contributed by atoms with van der Waals surface area (Å²) in [5, 5.41) is 10.6. The number of aromatic nitrogens is 2. The molecule has 0 aliphatic rings. The van der Waals surface area contributed by atoms with Crippen molar-refractivity contribution in [2.45, 2.75) is 0 Å². The van der Waals surface area contributed by atoms with E-state index in [0.29, 0.717) is 5.65 Å². The fourth-order valence-electron chi connectivity index (χ4n) is 1.11. The van der Waals surface area contributed by atoms with E-state index in [1.165, 1.54) is 12.3 Å². The van der Waals surface area contributed by atoms with E-state index >= 15 is 0 Å². The number of rotatable bonds is 1. The number of nitrogens with zero attached hydrogens (tertiary/aromatic N) is 3. The van der Waals surface area contributed by atoms with Crippen molar-refractivity contribution in [3.05, 3.63) is 39.2 Å². The number of hydrogen-bond acceptors (Lipinski definition) is 3. The minimum Gasteiger partial charge on any atom is -0.288 e. The Kier molecular flexibility index (Phi) is 1.77. The molecule has 0 radical (unpaired) electrons. The molecule has 0 saturated carbocycles. The first kappa shape index (κ1) is 8.18. The SMILES string of the molecule is O=[N+]([O-])c1ccc(Br)n2ccnc12. The monoisotopic (exact) mass is 241 g/mol. The van der Waals surface area contributed by atoms with Gasteiger partial charge in [0, 0.05) is 18.5 Å². The quantitative estimate of drug-likeness (QED) is 0.436. The Morgan fingerprint density at radius 3 is 3.00 bits per heavy atom. The molecule has 0 aromatic carbocycles. The van der Waals surface area contributed by atoms with Crippen LogP contribution in [-0.2, 0) is 0 Å². The van der Waals surface area contributed by atoms with E-state index in [9.17, 15) is 10.1 Å². The van der Waals surface area contributed by atoms with Crippen LogP contribution in [0.2, 0.25) is 0 Å². The topological polar surface area (TPSA) is 60.4 Å². The predicted molar refractivity (Wildman–Crippen MR) is 49.5 cm³/mol. The molecule has 2 aromatic heterocycles. The molecule has 0 spiro atoms. The van der Waals surface area contributed by atoms with Crippen LogP contribution in [0.5, 0.6) is 0 Å². The third-order valence-electron chi connectivity index (χ3n) is 1.68. The van der Waals surface area contributed by atoms with Crippen molar-refractivity contribution in [2.75, 3.05) is 0 Å². The summed E-state index contributed by atoms with van der Waals surface area (Å²) in [6.07, 6.45) is 3.18. The standard InChI is InChI=1S/C7H4BrN3O2/c8-6-2-1-5(11(12)13)7-9-3-4-10(6)7/h1-4H. The van der Waals surface area contributed by atoms with E-state index in [1.54, 1.807) is 16.7 Å². The maximum absolute atomic E-state index is 10.6. The summed E-state index contributed by atoms with van der Waals surface area (Å²) < 4.78 is 2.35. The molecule has 2 aromatic rings. The van der Waals surface area contributed by atoms with E-state index in [4.69, 9.17) is 0 Å². The molecule has 0 aliphatic carbocycles. The predicted octanol–water partition coefficient (Wildman–Crippen LogP) is 2.00. The van der Waals surface area contributed by atoms with E-state index in [2.05, 4.69) is 20.9 Å². The first-order chi connectivity index (χ1) is 6.20. The molecule has 0 atom stereocenters. The van der Waals surface area contributed by atoms with Crippen molar-refractivity contribution in [1.82, 2.24) is 9.38 Å². The summed E-state index contributed by atoms with van der Waals surface area (Å²) in [7, 11) is 0. The van der Waals surface area contributed by atoms with E-state index in [-0.39, 0.29) is 5.69 Å². The summed E-state index contributed by atoms with van der Waals surface area (Å²) in [4.78, 5) is 14.0. The number of imidazole rings is 1. The minimum absolute atomic E-state index is 0.00759. The van der Waals surface area contributed by atoms with Crippen molar-refractivity contribution in [3.8, 4) is 0 Å². The fraction of sp³-hybridized carbons (Fsp3) is 0. The van der Waals surface area contributed by atoms with Crippen LogP contribution in [0.3, 0.4) is 0 Å². The lowest BCUT2D eigenvalue weighted by atomic mass is 10.4. The minimum atomic E-state index is -0.450. The molecule has 0 N–H and O–H groups in total. The van der Waals surface area contributed by atoms with Crippen LogP contribution in [-0.4, -0.2) is 14.3 Å². The molecule has 0 bridgehead atoms. The molecule has 13 heavy (non-hydrogen) atoms. The first-order valence-electron chi connectivity index (χ1n) is 3.46. The summed E-state index contributed by atoms with van der Waals surface area (Å²) in [6.45, 7) is 0. The third kappa shape index (κ3) is 1.19. The van der Waals surface area contributed by atoms with Gasteiger partial charge in [0.1, 0.15) is 0 Å². The van der Waals surface area contributed by atoms with Gasteiger partial charge in [-0.05, 0) is 22.0 Å². The highest BCUT2D eigenvalue weighted by Gasteiger charge is 2.13. The zero-order valence-electron chi connectivity index (χ0n) is 6.35. The Labute approximate surface area is 81.3 Å². The van der Waals surface area contributed by atoms with Gasteiger partial charge in [-0.3, -0.25) is 14.5 Å². The lowest BCUT2D eigenvalue weighted by Crippen LogP contribution is -1.94. The van der Waals surface area contributed by atoms with Crippen molar-refractivity contribution < 1.29 is 4.92 Å². The smallest absolute Gasteiger partial charge is 0.288 e. The van der Waals surface area contributed by atoms with E-state index in [1.807, 2.05) is 0 Å². The molecule has 2 rings (SSSR count). The van der Waals surface area contributed by atoms with Gasteiger partial charge in [-0.15, -0.1) is 0 Å². The van der Waals surface area contributed by atoms with Crippen molar-refractivity contribution in [1.29, 1.82) is 0 Å². The number of pyridine rings is 1. The molecule has 0 amide bonds. The summed E-state index contributed by atoms with van der Waals surface area (Å²) in [5.41, 5.74) is 0.354. The van der Waals surface area contributed by atoms with Crippen LogP contribution in [0.25, 0.3) is 5.65 Å².